The van der Waals surface area contributed by atoms with Gasteiger partial charge in [0.25, 0.3) is 0 Å². The van der Waals surface area contributed by atoms with E-state index in [1.807, 2.05) is 39.8 Å². The zero-order valence-electron chi connectivity index (χ0n) is 10.2. The van der Waals surface area contributed by atoms with Crippen LogP contribution in [0.4, 0.5) is 0 Å². The molecule has 1 aromatic rings. The molecule has 0 radical (unpaired) electrons. The molecule has 0 atom stereocenters. The van der Waals surface area contributed by atoms with E-state index in [1.165, 1.54) is 11.1 Å². The van der Waals surface area contributed by atoms with Gasteiger partial charge in [-0.05, 0) is 18.9 Å². The summed E-state index contributed by atoms with van der Waals surface area (Å²) in [5.41, 5.74) is 2.47. The molecule has 0 amide bonds. The van der Waals surface area contributed by atoms with Crippen molar-refractivity contribution in [3.63, 3.8) is 0 Å². The number of aliphatic hydroxyl groups is 1. The minimum absolute atomic E-state index is 0.239. The minimum Gasteiger partial charge on any atom is -0.396 e. The lowest BCUT2D eigenvalue weighted by Crippen LogP contribution is -1.89. The van der Waals surface area contributed by atoms with Crippen LogP contribution in [-0.4, -0.2) is 11.7 Å². The Balaban J connectivity index is 0. The van der Waals surface area contributed by atoms with Crippen LogP contribution in [0.3, 0.4) is 0 Å². The Morgan fingerprint density at radius 2 is 1.36 bits per heavy atom. The molecule has 0 aromatic heterocycles. The lowest BCUT2D eigenvalue weighted by Gasteiger charge is -1.96. The van der Waals surface area contributed by atoms with Gasteiger partial charge < -0.3 is 5.11 Å². The third kappa shape index (κ3) is 7.81. The highest BCUT2D eigenvalue weighted by atomic mass is 16.2. The van der Waals surface area contributed by atoms with Crippen molar-refractivity contribution >= 4 is 0 Å². The molecule has 1 nitrogen and oxygen atoms in total. The number of rotatable bonds is 2. The molecule has 0 fully saturated rings. The maximum atomic E-state index is 8.59. The Hall–Kier alpha value is -0.820. The van der Waals surface area contributed by atoms with Crippen LogP contribution in [0.2, 0.25) is 0 Å². The molecule has 14 heavy (non-hydrogen) atoms. The van der Waals surface area contributed by atoms with Gasteiger partial charge in [0.1, 0.15) is 0 Å². The van der Waals surface area contributed by atoms with Gasteiger partial charge in [-0.25, -0.2) is 0 Å². The summed E-state index contributed by atoms with van der Waals surface area (Å²) in [5.74, 6) is 0. The van der Waals surface area contributed by atoms with Crippen LogP contribution < -0.4 is 0 Å². The van der Waals surface area contributed by atoms with E-state index in [-0.39, 0.29) is 6.61 Å². The zero-order valence-corrected chi connectivity index (χ0v) is 10.2. The van der Waals surface area contributed by atoms with E-state index in [1.54, 1.807) is 0 Å². The van der Waals surface area contributed by atoms with Crippen molar-refractivity contribution in [2.45, 2.75) is 41.0 Å². The molecule has 1 heteroatoms. The second kappa shape index (κ2) is 12.2. The minimum atomic E-state index is 0.239. The number of benzene rings is 1. The third-order valence-electron chi connectivity index (χ3n) is 1.52. The molecular formula is C13H24O. The predicted octanol–water partition coefficient (Wildman–Crippen LogP) is 3.58. The van der Waals surface area contributed by atoms with Gasteiger partial charge in [0.05, 0.1) is 0 Å². The van der Waals surface area contributed by atoms with Gasteiger partial charge in [-0.15, -0.1) is 0 Å². The number of aryl methyl sites for hydroxylation is 1. The van der Waals surface area contributed by atoms with Crippen molar-refractivity contribution in [1.82, 2.24) is 0 Å². The molecule has 82 valence electrons. The molecule has 0 heterocycles. The van der Waals surface area contributed by atoms with Crippen LogP contribution in [0.25, 0.3) is 0 Å². The summed E-state index contributed by atoms with van der Waals surface area (Å²) in [4.78, 5) is 0. The van der Waals surface area contributed by atoms with Crippen LogP contribution >= 0.6 is 0 Å². The standard InChI is InChI=1S/C9H12O.2C2H6/c1-8-2-4-9(5-3-8)6-7-10;2*1-2/h2-5,10H,6-7H2,1H3;2*1-2H3. The topological polar surface area (TPSA) is 20.2 Å². The largest absolute Gasteiger partial charge is 0.396 e. The number of aliphatic hydroxyl groups excluding tert-OH is 1. The lowest BCUT2D eigenvalue weighted by molar-refractivity contribution is 0.299. The number of hydrogen-bond acceptors (Lipinski definition) is 1. The molecule has 0 aliphatic heterocycles. The molecule has 0 saturated heterocycles. The zero-order chi connectivity index (χ0) is 11.4. The Labute approximate surface area is 88.8 Å². The highest BCUT2D eigenvalue weighted by Crippen LogP contribution is 2.02. The van der Waals surface area contributed by atoms with Crippen molar-refractivity contribution in [1.29, 1.82) is 0 Å². The van der Waals surface area contributed by atoms with Crippen LogP contribution in [-0.2, 0) is 6.42 Å². The quantitative estimate of drug-likeness (QED) is 0.766. The first-order valence-electron chi connectivity index (χ1n) is 5.49. The van der Waals surface area contributed by atoms with Gasteiger partial charge in [-0.3, -0.25) is 0 Å². The molecule has 1 aromatic carbocycles. The van der Waals surface area contributed by atoms with Crippen LogP contribution in [0, 0.1) is 6.92 Å². The maximum Gasteiger partial charge on any atom is 0.0471 e. The summed E-state index contributed by atoms with van der Waals surface area (Å²) in [7, 11) is 0. The summed E-state index contributed by atoms with van der Waals surface area (Å²) in [6, 6.07) is 8.22. The summed E-state index contributed by atoms with van der Waals surface area (Å²) >= 11 is 0. The second-order valence-electron chi connectivity index (χ2n) is 2.46. The molecule has 0 aliphatic carbocycles. The van der Waals surface area contributed by atoms with Crippen molar-refractivity contribution in [2.75, 3.05) is 6.61 Å². The average Bonchev–Trinajstić information content (AvgIpc) is 2.28. The average molecular weight is 196 g/mol. The number of hydrogen-bond donors (Lipinski definition) is 1. The highest BCUT2D eigenvalue weighted by Gasteiger charge is 1.88. The summed E-state index contributed by atoms with van der Waals surface area (Å²) in [5, 5.41) is 8.59. The van der Waals surface area contributed by atoms with Crippen LogP contribution in [0.1, 0.15) is 38.8 Å². The molecule has 0 saturated carbocycles. The van der Waals surface area contributed by atoms with E-state index in [2.05, 4.69) is 19.1 Å². The van der Waals surface area contributed by atoms with E-state index in [0.29, 0.717) is 0 Å². The molecule has 0 aliphatic rings. The molecule has 1 N–H and O–H groups in total. The first-order chi connectivity index (χ1) is 6.83. The monoisotopic (exact) mass is 196 g/mol. The highest BCUT2D eigenvalue weighted by molar-refractivity contribution is 5.21. The molecule has 1 rings (SSSR count). The third-order valence-corrected chi connectivity index (χ3v) is 1.52. The van der Waals surface area contributed by atoms with E-state index < -0.39 is 0 Å². The van der Waals surface area contributed by atoms with Crippen molar-refractivity contribution in [3.05, 3.63) is 35.4 Å². The van der Waals surface area contributed by atoms with Crippen LogP contribution in [0.15, 0.2) is 24.3 Å². The normalized spacial score (nSPS) is 7.86. The van der Waals surface area contributed by atoms with Gasteiger partial charge in [-0.1, -0.05) is 57.5 Å². The van der Waals surface area contributed by atoms with Gasteiger partial charge in [0.2, 0.25) is 0 Å². The Kier molecular flexibility index (Phi) is 13.6. The van der Waals surface area contributed by atoms with Gasteiger partial charge in [-0.2, -0.15) is 0 Å². The summed E-state index contributed by atoms with van der Waals surface area (Å²) < 4.78 is 0. The summed E-state index contributed by atoms with van der Waals surface area (Å²) in [6.45, 7) is 10.3. The second-order valence-corrected chi connectivity index (χ2v) is 2.46. The summed E-state index contributed by atoms with van der Waals surface area (Å²) in [6.07, 6.45) is 0.764. The van der Waals surface area contributed by atoms with Crippen molar-refractivity contribution in [3.8, 4) is 0 Å². The van der Waals surface area contributed by atoms with E-state index in [9.17, 15) is 0 Å². The van der Waals surface area contributed by atoms with Gasteiger partial charge >= 0.3 is 0 Å². The first kappa shape index (κ1) is 15.6. The fourth-order valence-corrected chi connectivity index (χ4v) is 0.884. The first-order valence-corrected chi connectivity index (χ1v) is 5.49. The Morgan fingerprint density at radius 1 is 0.929 bits per heavy atom. The van der Waals surface area contributed by atoms with Crippen LogP contribution in [0.5, 0.6) is 0 Å². The smallest absolute Gasteiger partial charge is 0.0471 e. The molecule has 0 unspecified atom stereocenters. The SMILES string of the molecule is CC.CC.Cc1ccc(CCO)cc1. The fraction of sp³-hybridized carbons (Fsp3) is 0.538. The van der Waals surface area contributed by atoms with Gasteiger partial charge in [0.15, 0.2) is 0 Å². The maximum absolute atomic E-state index is 8.59. The van der Waals surface area contributed by atoms with E-state index in [0.717, 1.165) is 6.42 Å². The Bertz CT molecular complexity index is 189. The lowest BCUT2D eigenvalue weighted by atomic mass is 10.1. The molecule has 0 spiro atoms. The van der Waals surface area contributed by atoms with E-state index in [4.69, 9.17) is 5.11 Å². The van der Waals surface area contributed by atoms with Gasteiger partial charge in [0, 0.05) is 6.61 Å². The fourth-order valence-electron chi connectivity index (χ4n) is 0.884. The van der Waals surface area contributed by atoms with E-state index >= 15 is 0 Å². The Morgan fingerprint density at radius 3 is 1.71 bits per heavy atom. The van der Waals surface area contributed by atoms with Crippen molar-refractivity contribution < 1.29 is 5.11 Å². The molecule has 0 bridgehead atoms. The molecular weight excluding hydrogens is 172 g/mol. The predicted molar refractivity (Wildman–Crippen MR) is 64.7 cm³/mol. The van der Waals surface area contributed by atoms with Crippen molar-refractivity contribution in [2.24, 2.45) is 0 Å².